The number of anilines is 1. The van der Waals surface area contributed by atoms with Gasteiger partial charge < -0.3 is 0 Å². The van der Waals surface area contributed by atoms with Gasteiger partial charge in [0.05, 0.1) is 10.6 Å². The summed E-state index contributed by atoms with van der Waals surface area (Å²) in [6.07, 6.45) is 0. The molecule has 0 aliphatic heterocycles. The zero-order valence-corrected chi connectivity index (χ0v) is 13.6. The van der Waals surface area contributed by atoms with Gasteiger partial charge in [0.1, 0.15) is 0 Å². The third kappa shape index (κ3) is 2.90. The minimum atomic E-state index is -3.77. The minimum absolute atomic E-state index is 0.135. The Hall–Kier alpha value is -1.75. The highest BCUT2D eigenvalue weighted by atomic mass is 35.5. The van der Waals surface area contributed by atoms with E-state index < -0.39 is 10.0 Å². The van der Waals surface area contributed by atoms with Crippen LogP contribution in [0, 0.1) is 0 Å². The number of rotatable bonds is 3. The Labute approximate surface area is 138 Å². The zero-order valence-electron chi connectivity index (χ0n) is 11.3. The van der Waals surface area contributed by atoms with E-state index in [0.717, 1.165) is 5.39 Å². The first-order valence-electron chi connectivity index (χ1n) is 6.43. The molecule has 0 spiro atoms. The van der Waals surface area contributed by atoms with E-state index in [2.05, 4.69) is 4.72 Å². The number of benzene rings is 3. The average molecular weight is 352 g/mol. The smallest absolute Gasteiger partial charge is 0.262 e. The van der Waals surface area contributed by atoms with Gasteiger partial charge in [0.15, 0.2) is 0 Å². The van der Waals surface area contributed by atoms with E-state index in [9.17, 15) is 8.42 Å². The van der Waals surface area contributed by atoms with Crippen LogP contribution in [0.1, 0.15) is 0 Å². The summed E-state index contributed by atoms with van der Waals surface area (Å²) < 4.78 is 27.9. The van der Waals surface area contributed by atoms with E-state index in [0.29, 0.717) is 21.1 Å². The second kappa shape index (κ2) is 5.80. The second-order valence-corrected chi connectivity index (χ2v) is 7.20. The number of hydrogen-bond acceptors (Lipinski definition) is 2. The van der Waals surface area contributed by atoms with Gasteiger partial charge in [-0.3, -0.25) is 4.72 Å². The van der Waals surface area contributed by atoms with Crippen molar-refractivity contribution in [2.45, 2.75) is 4.90 Å². The molecule has 0 bridgehead atoms. The van der Waals surface area contributed by atoms with Gasteiger partial charge in [-0.1, -0.05) is 53.5 Å². The first-order chi connectivity index (χ1) is 10.5. The average Bonchev–Trinajstić information content (AvgIpc) is 2.46. The highest BCUT2D eigenvalue weighted by molar-refractivity contribution is 7.93. The molecule has 0 saturated carbocycles. The molecule has 0 heterocycles. The lowest BCUT2D eigenvalue weighted by atomic mass is 10.1. The van der Waals surface area contributed by atoms with Crippen LogP contribution in [0.5, 0.6) is 0 Å². The fraction of sp³-hybridized carbons (Fsp3) is 0. The van der Waals surface area contributed by atoms with E-state index in [1.807, 2.05) is 12.1 Å². The highest BCUT2D eigenvalue weighted by Crippen LogP contribution is 2.31. The van der Waals surface area contributed by atoms with Gasteiger partial charge in [-0.2, -0.15) is 0 Å². The second-order valence-electron chi connectivity index (χ2n) is 4.71. The van der Waals surface area contributed by atoms with E-state index in [1.54, 1.807) is 42.5 Å². The lowest BCUT2D eigenvalue weighted by Crippen LogP contribution is -2.13. The van der Waals surface area contributed by atoms with Gasteiger partial charge in [0, 0.05) is 15.4 Å². The molecule has 3 aromatic rings. The Morgan fingerprint density at radius 3 is 2.27 bits per heavy atom. The minimum Gasteiger partial charge on any atom is -0.280 e. The molecule has 6 heteroatoms. The summed E-state index contributed by atoms with van der Waals surface area (Å²) in [5.41, 5.74) is 0.400. The van der Waals surface area contributed by atoms with Crippen molar-refractivity contribution in [1.82, 2.24) is 0 Å². The van der Waals surface area contributed by atoms with Crippen LogP contribution in [0.15, 0.2) is 65.6 Å². The van der Waals surface area contributed by atoms with Gasteiger partial charge in [-0.15, -0.1) is 0 Å². The third-order valence-corrected chi connectivity index (χ3v) is 5.16. The molecule has 3 nitrogen and oxygen atoms in total. The molecular formula is C16H11Cl2NO2S. The molecule has 3 aromatic carbocycles. The maximum atomic E-state index is 12.7. The summed E-state index contributed by atoms with van der Waals surface area (Å²) in [5.74, 6) is 0. The number of sulfonamides is 1. The summed E-state index contributed by atoms with van der Waals surface area (Å²) in [6, 6.07) is 16.8. The Balaban J connectivity index is 2.14. The Morgan fingerprint density at radius 2 is 1.55 bits per heavy atom. The molecule has 0 aromatic heterocycles. The van der Waals surface area contributed by atoms with Crippen molar-refractivity contribution in [3.05, 3.63) is 70.7 Å². The van der Waals surface area contributed by atoms with Crippen molar-refractivity contribution >= 4 is 49.7 Å². The molecule has 0 aliphatic rings. The van der Waals surface area contributed by atoms with Crippen LogP contribution in [0.25, 0.3) is 10.8 Å². The molecule has 0 saturated heterocycles. The van der Waals surface area contributed by atoms with Crippen LogP contribution in [0.4, 0.5) is 5.69 Å². The first-order valence-corrected chi connectivity index (χ1v) is 8.67. The number of hydrogen-bond donors (Lipinski definition) is 1. The van der Waals surface area contributed by atoms with Gasteiger partial charge in [0.25, 0.3) is 10.0 Å². The van der Waals surface area contributed by atoms with Gasteiger partial charge in [-0.25, -0.2) is 8.42 Å². The van der Waals surface area contributed by atoms with Crippen molar-refractivity contribution in [3.63, 3.8) is 0 Å². The normalized spacial score (nSPS) is 11.5. The molecule has 3 rings (SSSR count). The third-order valence-electron chi connectivity index (χ3n) is 3.18. The lowest BCUT2D eigenvalue weighted by molar-refractivity contribution is 0.602. The Morgan fingerprint density at radius 1 is 0.864 bits per heavy atom. The first kappa shape index (κ1) is 15.2. The van der Waals surface area contributed by atoms with Crippen molar-refractivity contribution in [3.8, 4) is 0 Å². The predicted molar refractivity (Wildman–Crippen MR) is 91.2 cm³/mol. The van der Waals surface area contributed by atoms with Crippen LogP contribution < -0.4 is 4.72 Å². The molecule has 0 atom stereocenters. The highest BCUT2D eigenvalue weighted by Gasteiger charge is 2.19. The largest absolute Gasteiger partial charge is 0.280 e. The van der Waals surface area contributed by atoms with Gasteiger partial charge in [-0.05, 0) is 35.7 Å². The van der Waals surface area contributed by atoms with E-state index >= 15 is 0 Å². The Kier molecular flexibility index (Phi) is 4.00. The van der Waals surface area contributed by atoms with Crippen LogP contribution in [0.3, 0.4) is 0 Å². The summed E-state index contributed by atoms with van der Waals surface area (Å²) in [4.78, 5) is 0.135. The van der Waals surface area contributed by atoms with Crippen molar-refractivity contribution in [2.75, 3.05) is 4.72 Å². The summed E-state index contributed by atoms with van der Waals surface area (Å²) in [7, 11) is -3.77. The van der Waals surface area contributed by atoms with Crippen LogP contribution in [0.2, 0.25) is 10.0 Å². The Bertz CT molecular complexity index is 950. The summed E-state index contributed by atoms with van der Waals surface area (Å²) >= 11 is 12.1. The molecule has 0 unspecified atom stereocenters. The molecule has 1 N–H and O–H groups in total. The van der Waals surface area contributed by atoms with Gasteiger partial charge >= 0.3 is 0 Å². The SMILES string of the molecule is O=S(=O)(Nc1cccc(Cl)c1)c1cccc2cccc(Cl)c12. The fourth-order valence-corrected chi connectivity index (χ4v) is 4.08. The lowest BCUT2D eigenvalue weighted by Gasteiger charge is -2.11. The maximum absolute atomic E-state index is 12.7. The van der Waals surface area contributed by atoms with E-state index in [1.165, 1.54) is 6.07 Å². The monoisotopic (exact) mass is 351 g/mol. The predicted octanol–water partition coefficient (Wildman–Crippen LogP) is 4.95. The topological polar surface area (TPSA) is 46.2 Å². The van der Waals surface area contributed by atoms with Crippen LogP contribution in [-0.4, -0.2) is 8.42 Å². The van der Waals surface area contributed by atoms with Crippen molar-refractivity contribution < 1.29 is 8.42 Å². The van der Waals surface area contributed by atoms with Crippen LogP contribution in [-0.2, 0) is 10.0 Å². The molecule has 0 aliphatic carbocycles. The van der Waals surface area contributed by atoms with E-state index in [4.69, 9.17) is 23.2 Å². The molecule has 22 heavy (non-hydrogen) atoms. The van der Waals surface area contributed by atoms with Crippen molar-refractivity contribution in [1.29, 1.82) is 0 Å². The standard InChI is InChI=1S/C16H11Cl2NO2S/c17-12-6-3-7-13(10-12)19-22(20,21)15-9-2-5-11-4-1-8-14(18)16(11)15/h1-10,19H. The maximum Gasteiger partial charge on any atom is 0.262 e. The molecular weight excluding hydrogens is 341 g/mol. The summed E-state index contributed by atoms with van der Waals surface area (Å²) in [5, 5.41) is 2.11. The number of fused-ring (bicyclic) bond motifs is 1. The van der Waals surface area contributed by atoms with E-state index in [-0.39, 0.29) is 4.90 Å². The van der Waals surface area contributed by atoms with Crippen LogP contribution >= 0.6 is 23.2 Å². The van der Waals surface area contributed by atoms with Crippen molar-refractivity contribution in [2.24, 2.45) is 0 Å². The molecule has 112 valence electrons. The van der Waals surface area contributed by atoms with Gasteiger partial charge in [0.2, 0.25) is 0 Å². The quantitative estimate of drug-likeness (QED) is 0.725. The fourth-order valence-electron chi connectivity index (χ4n) is 2.25. The summed E-state index contributed by atoms with van der Waals surface area (Å²) in [6.45, 7) is 0. The molecule has 0 amide bonds. The number of nitrogens with one attached hydrogen (secondary N) is 1. The molecule has 0 radical (unpaired) electrons. The number of halogens is 2. The molecule has 0 fully saturated rings. The zero-order chi connectivity index (χ0) is 15.7.